The van der Waals surface area contributed by atoms with Gasteiger partial charge in [0.15, 0.2) is 16.6 Å². The average molecular weight is 374 g/mol. The van der Waals surface area contributed by atoms with Gasteiger partial charge in [-0.3, -0.25) is 5.32 Å². The minimum absolute atomic E-state index is 0.366. The van der Waals surface area contributed by atoms with Crippen LogP contribution in [0.25, 0.3) is 0 Å². The minimum Gasteiger partial charge on any atom is -0.493 e. The Hall–Kier alpha value is -3.14. The molecule has 2 aromatic heterocycles. The van der Waals surface area contributed by atoms with Gasteiger partial charge in [0.1, 0.15) is 6.33 Å². The van der Waals surface area contributed by atoms with E-state index in [-0.39, 0.29) is 0 Å². The molecule has 26 heavy (non-hydrogen) atoms. The smallest absolute Gasteiger partial charge is 0.233 e. The van der Waals surface area contributed by atoms with Crippen molar-refractivity contribution in [1.29, 1.82) is 0 Å². The molecule has 0 saturated carbocycles. The highest BCUT2D eigenvalue weighted by molar-refractivity contribution is 7.13. The van der Waals surface area contributed by atoms with E-state index >= 15 is 0 Å². The normalized spacial score (nSPS) is 10.3. The van der Waals surface area contributed by atoms with Crippen LogP contribution in [-0.2, 0) is 0 Å². The van der Waals surface area contributed by atoms with Crippen molar-refractivity contribution in [2.45, 2.75) is 6.92 Å². The van der Waals surface area contributed by atoms with Crippen LogP contribution in [0.2, 0.25) is 0 Å². The molecule has 0 unspecified atom stereocenters. The molecule has 0 amide bonds. The van der Waals surface area contributed by atoms with Gasteiger partial charge in [-0.05, 0) is 6.92 Å². The fraction of sp³-hybridized carbons (Fsp3) is 0.250. The summed E-state index contributed by atoms with van der Waals surface area (Å²) >= 11 is 1.48. The number of nitrogens with one attached hydrogen (secondary N) is 2. The standard InChI is InChI=1S/C16H18N6O3S/c1-9-7-26-16(19-9)22-15-18-8-17-14(21-15)20-10-5-11(23-2)13(25-4)12(6-10)24-3/h5-8H,1-4H3,(H2,17,18,19,20,21,22). The van der Waals surface area contributed by atoms with Crippen LogP contribution in [0, 0.1) is 6.92 Å². The maximum atomic E-state index is 5.34. The van der Waals surface area contributed by atoms with E-state index in [2.05, 4.69) is 30.6 Å². The minimum atomic E-state index is 0.366. The molecule has 1 aromatic carbocycles. The van der Waals surface area contributed by atoms with Crippen LogP contribution in [-0.4, -0.2) is 41.3 Å². The summed E-state index contributed by atoms with van der Waals surface area (Å²) in [6.45, 7) is 1.92. The second-order valence-corrected chi connectivity index (χ2v) is 5.95. The Morgan fingerprint density at radius 2 is 1.54 bits per heavy atom. The van der Waals surface area contributed by atoms with Gasteiger partial charge in [0.05, 0.1) is 27.0 Å². The molecule has 10 heteroatoms. The van der Waals surface area contributed by atoms with E-state index in [9.17, 15) is 0 Å². The van der Waals surface area contributed by atoms with Gasteiger partial charge < -0.3 is 19.5 Å². The highest BCUT2D eigenvalue weighted by Crippen LogP contribution is 2.40. The van der Waals surface area contributed by atoms with E-state index < -0.39 is 0 Å². The first-order valence-electron chi connectivity index (χ1n) is 7.58. The fourth-order valence-electron chi connectivity index (χ4n) is 2.21. The number of anilines is 4. The second-order valence-electron chi connectivity index (χ2n) is 5.09. The number of hydrogen-bond donors (Lipinski definition) is 2. The van der Waals surface area contributed by atoms with E-state index in [4.69, 9.17) is 14.2 Å². The van der Waals surface area contributed by atoms with Crippen LogP contribution >= 0.6 is 11.3 Å². The lowest BCUT2D eigenvalue weighted by Crippen LogP contribution is -2.03. The Labute approximate surface area is 154 Å². The van der Waals surface area contributed by atoms with Crippen molar-refractivity contribution in [3.63, 3.8) is 0 Å². The number of nitrogens with zero attached hydrogens (tertiary/aromatic N) is 4. The number of aryl methyl sites for hydroxylation is 1. The van der Waals surface area contributed by atoms with Gasteiger partial charge in [0.2, 0.25) is 17.6 Å². The highest BCUT2D eigenvalue weighted by Gasteiger charge is 2.14. The van der Waals surface area contributed by atoms with Gasteiger partial charge in [-0.15, -0.1) is 11.3 Å². The quantitative estimate of drug-likeness (QED) is 0.645. The Balaban J connectivity index is 1.83. The zero-order chi connectivity index (χ0) is 18.5. The third-order valence-corrected chi connectivity index (χ3v) is 4.21. The van der Waals surface area contributed by atoms with Crippen LogP contribution in [0.1, 0.15) is 5.69 Å². The van der Waals surface area contributed by atoms with Crippen molar-refractivity contribution in [2.24, 2.45) is 0 Å². The summed E-state index contributed by atoms with van der Waals surface area (Å²) in [6, 6.07) is 3.53. The van der Waals surface area contributed by atoms with E-state index in [1.54, 1.807) is 33.5 Å². The molecule has 3 rings (SSSR count). The van der Waals surface area contributed by atoms with Crippen molar-refractivity contribution < 1.29 is 14.2 Å². The number of thiazole rings is 1. The number of aromatic nitrogens is 4. The molecular weight excluding hydrogens is 356 g/mol. The number of hydrogen-bond acceptors (Lipinski definition) is 10. The number of methoxy groups -OCH3 is 3. The summed E-state index contributed by atoms with van der Waals surface area (Å²) in [5.74, 6) is 2.33. The molecule has 0 radical (unpaired) electrons. The summed E-state index contributed by atoms with van der Waals surface area (Å²) in [6.07, 6.45) is 1.41. The van der Waals surface area contributed by atoms with E-state index in [0.29, 0.717) is 40.0 Å². The first-order chi connectivity index (χ1) is 12.6. The Morgan fingerprint density at radius 1 is 0.885 bits per heavy atom. The van der Waals surface area contributed by atoms with Gasteiger partial charge in [-0.25, -0.2) is 15.0 Å². The topological polar surface area (TPSA) is 103 Å². The lowest BCUT2D eigenvalue weighted by molar-refractivity contribution is 0.324. The predicted octanol–water partition coefficient (Wildman–Crippen LogP) is 3.15. The third-order valence-electron chi connectivity index (χ3n) is 3.33. The molecule has 2 heterocycles. The van der Waals surface area contributed by atoms with Gasteiger partial charge in [-0.1, -0.05) is 0 Å². The molecule has 0 fully saturated rings. The van der Waals surface area contributed by atoms with Crippen molar-refractivity contribution in [3.8, 4) is 17.2 Å². The van der Waals surface area contributed by atoms with Crippen LogP contribution < -0.4 is 24.8 Å². The zero-order valence-corrected chi connectivity index (χ0v) is 15.5. The predicted molar refractivity (Wildman–Crippen MR) is 99.3 cm³/mol. The average Bonchev–Trinajstić information content (AvgIpc) is 3.05. The lowest BCUT2D eigenvalue weighted by atomic mass is 10.2. The van der Waals surface area contributed by atoms with E-state index in [1.165, 1.54) is 17.7 Å². The monoisotopic (exact) mass is 374 g/mol. The SMILES string of the molecule is COc1cc(Nc2ncnc(Nc3nc(C)cs3)n2)cc(OC)c1OC. The van der Waals surface area contributed by atoms with Crippen molar-refractivity contribution in [2.75, 3.05) is 32.0 Å². The summed E-state index contributed by atoms with van der Waals surface area (Å²) < 4.78 is 16.0. The fourth-order valence-corrected chi connectivity index (χ4v) is 2.89. The summed E-state index contributed by atoms with van der Waals surface area (Å²) in [4.78, 5) is 16.9. The van der Waals surface area contributed by atoms with E-state index in [0.717, 1.165) is 5.69 Å². The third kappa shape index (κ3) is 3.91. The first kappa shape index (κ1) is 17.7. The van der Waals surface area contributed by atoms with Crippen LogP contribution in [0.3, 0.4) is 0 Å². The molecule has 3 aromatic rings. The molecular formula is C16H18N6O3S. The summed E-state index contributed by atoms with van der Waals surface area (Å²) in [5.41, 5.74) is 1.61. The van der Waals surface area contributed by atoms with Crippen LogP contribution in [0.15, 0.2) is 23.8 Å². The molecule has 9 nitrogen and oxygen atoms in total. The first-order valence-corrected chi connectivity index (χ1v) is 8.46. The number of rotatable bonds is 7. The molecule has 0 aliphatic rings. The van der Waals surface area contributed by atoms with Crippen molar-refractivity contribution in [3.05, 3.63) is 29.5 Å². The Morgan fingerprint density at radius 3 is 2.08 bits per heavy atom. The molecule has 0 aliphatic carbocycles. The molecule has 0 atom stereocenters. The molecule has 136 valence electrons. The van der Waals surface area contributed by atoms with Gasteiger partial charge >= 0.3 is 0 Å². The van der Waals surface area contributed by atoms with Crippen LogP contribution in [0.4, 0.5) is 22.7 Å². The summed E-state index contributed by atoms with van der Waals surface area (Å²) in [7, 11) is 4.67. The molecule has 0 aliphatic heterocycles. The molecule has 0 saturated heterocycles. The Kier molecular flexibility index (Phi) is 5.32. The Bertz CT molecular complexity index is 876. The number of benzene rings is 1. The molecule has 0 bridgehead atoms. The molecule has 2 N–H and O–H groups in total. The maximum Gasteiger partial charge on any atom is 0.233 e. The van der Waals surface area contributed by atoms with Crippen LogP contribution in [0.5, 0.6) is 17.2 Å². The largest absolute Gasteiger partial charge is 0.493 e. The lowest BCUT2D eigenvalue weighted by Gasteiger charge is -2.14. The maximum absolute atomic E-state index is 5.34. The van der Waals surface area contributed by atoms with E-state index in [1.807, 2.05) is 12.3 Å². The van der Waals surface area contributed by atoms with Crippen molar-refractivity contribution in [1.82, 2.24) is 19.9 Å². The van der Waals surface area contributed by atoms with Gasteiger partial charge in [-0.2, -0.15) is 4.98 Å². The highest BCUT2D eigenvalue weighted by atomic mass is 32.1. The van der Waals surface area contributed by atoms with Crippen molar-refractivity contribution >= 4 is 34.1 Å². The zero-order valence-electron chi connectivity index (χ0n) is 14.7. The second kappa shape index (κ2) is 7.83. The van der Waals surface area contributed by atoms with Gasteiger partial charge in [0.25, 0.3) is 0 Å². The van der Waals surface area contributed by atoms with Gasteiger partial charge in [0, 0.05) is 23.2 Å². The number of ether oxygens (including phenoxy) is 3. The summed E-state index contributed by atoms with van der Waals surface area (Å²) in [5, 5.41) is 8.81. The molecule has 0 spiro atoms.